The zero-order chi connectivity index (χ0) is 20.8. The molecule has 0 spiro atoms. The van der Waals surface area contributed by atoms with Crippen LogP contribution in [0.15, 0.2) is 36.9 Å². The van der Waals surface area contributed by atoms with Gasteiger partial charge >= 0.3 is 0 Å². The molecule has 0 amide bonds. The highest BCUT2D eigenvalue weighted by Gasteiger charge is 2.45. The average Bonchev–Trinajstić information content (AvgIpc) is 3.10. The van der Waals surface area contributed by atoms with E-state index >= 15 is 0 Å². The van der Waals surface area contributed by atoms with Crippen LogP contribution in [0.25, 0.3) is 5.82 Å². The number of hydrogen-bond donors (Lipinski definition) is 2. The number of nitrogens with two attached hydrogens (primary N) is 1. The van der Waals surface area contributed by atoms with Gasteiger partial charge in [0.25, 0.3) is 5.92 Å². The minimum Gasteiger partial charge on any atom is -0.351 e. The molecule has 3 N–H and O–H groups in total. The lowest BCUT2D eigenvalue weighted by atomic mass is 9.88. The van der Waals surface area contributed by atoms with E-state index in [4.69, 9.17) is 17.3 Å². The van der Waals surface area contributed by atoms with E-state index in [1.165, 1.54) is 18.5 Å². The molecule has 1 atom stereocenters. The highest BCUT2D eigenvalue weighted by Crippen LogP contribution is 2.38. The van der Waals surface area contributed by atoms with Crippen LogP contribution in [-0.2, 0) is 0 Å². The van der Waals surface area contributed by atoms with E-state index in [1.807, 2.05) is 6.92 Å². The molecule has 29 heavy (non-hydrogen) atoms. The number of benzene rings is 1. The van der Waals surface area contributed by atoms with Crippen LogP contribution in [0.2, 0.25) is 5.02 Å². The van der Waals surface area contributed by atoms with E-state index in [1.54, 1.807) is 23.0 Å². The summed E-state index contributed by atoms with van der Waals surface area (Å²) >= 11 is 5.90. The Morgan fingerprint density at radius 2 is 2.03 bits per heavy atom. The molecule has 1 aliphatic rings. The Hall–Kier alpha value is -2.65. The first-order chi connectivity index (χ1) is 13.7. The Morgan fingerprint density at radius 3 is 2.72 bits per heavy atom. The van der Waals surface area contributed by atoms with Gasteiger partial charge in [-0.2, -0.15) is 4.98 Å². The quantitative estimate of drug-likeness (QED) is 0.649. The maximum atomic E-state index is 13.6. The molecule has 3 aromatic rings. The summed E-state index contributed by atoms with van der Waals surface area (Å²) in [6, 6.07) is 3.06. The Morgan fingerprint density at radius 1 is 1.28 bits per heavy atom. The number of nitrogens with one attached hydrogen (secondary N) is 1. The zero-order valence-corrected chi connectivity index (χ0v) is 16.2. The fourth-order valence-electron chi connectivity index (χ4n) is 3.25. The van der Waals surface area contributed by atoms with Gasteiger partial charge in [0.05, 0.1) is 11.7 Å². The van der Waals surface area contributed by atoms with Crippen LogP contribution < -0.4 is 11.1 Å². The molecular weight excluding hydrogens is 405 g/mol. The van der Waals surface area contributed by atoms with Gasteiger partial charge in [-0.05, 0) is 30.7 Å². The Labute approximate surface area is 169 Å². The summed E-state index contributed by atoms with van der Waals surface area (Å²) in [5.74, 6) is -2.30. The lowest BCUT2D eigenvalue weighted by molar-refractivity contribution is -0.0794. The van der Waals surface area contributed by atoms with Crippen molar-refractivity contribution >= 4 is 17.5 Å². The normalized spacial score (nSPS) is 17.0. The van der Waals surface area contributed by atoms with Crippen molar-refractivity contribution in [2.75, 3.05) is 5.32 Å². The molecule has 2 aromatic heterocycles. The molecule has 1 aliphatic carbocycles. The first-order valence-corrected chi connectivity index (χ1v) is 9.32. The molecule has 1 fully saturated rings. The zero-order valence-electron chi connectivity index (χ0n) is 15.4. The molecule has 1 saturated carbocycles. The summed E-state index contributed by atoms with van der Waals surface area (Å²) < 4.78 is 41.3. The van der Waals surface area contributed by atoms with Crippen molar-refractivity contribution < 1.29 is 13.2 Å². The van der Waals surface area contributed by atoms with Crippen LogP contribution in [-0.4, -0.2) is 31.5 Å². The number of rotatable bonds is 5. The standard InChI is InChI=1S/C19H18ClF3N6/c1-10-7-25-18(27-14-5-19(22,23)6-14)28-17(10)29-8-15(26-9-29)16(24)11-2-12(20)4-13(21)3-11/h2-4,7-9,14,16H,5-6,24H2,1H3,(H,25,27,28). The van der Waals surface area contributed by atoms with Crippen LogP contribution in [0.3, 0.4) is 0 Å². The van der Waals surface area contributed by atoms with Crippen LogP contribution in [0.1, 0.15) is 35.7 Å². The Balaban J connectivity index is 1.56. The molecule has 152 valence electrons. The molecule has 1 unspecified atom stereocenters. The monoisotopic (exact) mass is 422 g/mol. The number of anilines is 1. The largest absolute Gasteiger partial charge is 0.351 e. The van der Waals surface area contributed by atoms with Gasteiger partial charge in [0, 0.05) is 41.9 Å². The number of imidazole rings is 1. The van der Waals surface area contributed by atoms with Crippen LogP contribution >= 0.6 is 11.6 Å². The molecule has 0 radical (unpaired) electrons. The van der Waals surface area contributed by atoms with Crippen molar-refractivity contribution in [3.05, 3.63) is 64.6 Å². The maximum absolute atomic E-state index is 13.6. The van der Waals surface area contributed by atoms with Gasteiger partial charge in [0.2, 0.25) is 5.95 Å². The first-order valence-electron chi connectivity index (χ1n) is 8.94. The van der Waals surface area contributed by atoms with E-state index in [0.717, 1.165) is 5.56 Å². The minimum absolute atomic E-state index is 0.236. The molecule has 2 heterocycles. The molecule has 6 nitrogen and oxygen atoms in total. The van der Waals surface area contributed by atoms with Gasteiger partial charge in [-0.25, -0.2) is 23.1 Å². The second-order valence-corrected chi connectivity index (χ2v) is 7.63. The fraction of sp³-hybridized carbons (Fsp3) is 0.316. The first kappa shape index (κ1) is 19.7. The summed E-state index contributed by atoms with van der Waals surface area (Å²) in [7, 11) is 0. The predicted octanol–water partition coefficient (Wildman–Crippen LogP) is 4.02. The Kier molecular flexibility index (Phi) is 4.95. The number of hydrogen-bond acceptors (Lipinski definition) is 5. The van der Waals surface area contributed by atoms with Gasteiger partial charge in [-0.3, -0.25) is 4.57 Å². The second kappa shape index (κ2) is 7.31. The lowest BCUT2D eigenvalue weighted by Gasteiger charge is -2.35. The van der Waals surface area contributed by atoms with Gasteiger partial charge in [-0.15, -0.1) is 0 Å². The van der Waals surface area contributed by atoms with Gasteiger partial charge < -0.3 is 11.1 Å². The molecular formula is C19H18ClF3N6. The number of nitrogens with zero attached hydrogens (tertiary/aromatic N) is 4. The summed E-state index contributed by atoms with van der Waals surface area (Å²) in [5.41, 5.74) is 7.97. The van der Waals surface area contributed by atoms with E-state index < -0.39 is 17.8 Å². The van der Waals surface area contributed by atoms with Crippen molar-refractivity contribution in [3.8, 4) is 5.82 Å². The van der Waals surface area contributed by atoms with Crippen LogP contribution in [0, 0.1) is 12.7 Å². The van der Waals surface area contributed by atoms with Crippen molar-refractivity contribution in [1.29, 1.82) is 0 Å². The number of aryl methyl sites for hydroxylation is 1. The molecule has 10 heteroatoms. The molecule has 1 aromatic carbocycles. The number of halogens is 4. The summed E-state index contributed by atoms with van der Waals surface area (Å²) in [4.78, 5) is 12.9. The molecule has 4 rings (SSSR count). The fourth-order valence-corrected chi connectivity index (χ4v) is 3.48. The van der Waals surface area contributed by atoms with Crippen molar-refractivity contribution in [1.82, 2.24) is 19.5 Å². The van der Waals surface area contributed by atoms with Gasteiger partial charge in [0.1, 0.15) is 18.0 Å². The lowest BCUT2D eigenvalue weighted by Crippen LogP contribution is -2.44. The van der Waals surface area contributed by atoms with E-state index in [2.05, 4.69) is 20.3 Å². The second-order valence-electron chi connectivity index (χ2n) is 7.19. The maximum Gasteiger partial charge on any atom is 0.252 e. The van der Waals surface area contributed by atoms with Crippen LogP contribution in [0.4, 0.5) is 19.1 Å². The smallest absolute Gasteiger partial charge is 0.252 e. The third-order valence-corrected chi connectivity index (χ3v) is 5.00. The van der Waals surface area contributed by atoms with E-state index in [-0.39, 0.29) is 29.9 Å². The van der Waals surface area contributed by atoms with Crippen molar-refractivity contribution in [3.63, 3.8) is 0 Å². The van der Waals surface area contributed by atoms with Gasteiger partial charge in [0.15, 0.2) is 0 Å². The summed E-state index contributed by atoms with van der Waals surface area (Å²) in [6.07, 6.45) is 4.35. The third kappa shape index (κ3) is 4.20. The van der Waals surface area contributed by atoms with Crippen LogP contribution in [0.5, 0.6) is 0 Å². The summed E-state index contributed by atoms with van der Waals surface area (Å²) in [5, 5.41) is 3.17. The highest BCUT2D eigenvalue weighted by atomic mass is 35.5. The molecule has 0 aliphatic heterocycles. The third-order valence-electron chi connectivity index (χ3n) is 4.78. The van der Waals surface area contributed by atoms with Crippen molar-refractivity contribution in [2.24, 2.45) is 5.73 Å². The minimum atomic E-state index is -2.62. The molecule has 0 bridgehead atoms. The number of alkyl halides is 2. The Bertz CT molecular complexity index is 1030. The SMILES string of the molecule is Cc1cnc(NC2CC(F)(F)C2)nc1-n1cnc(C(N)c2cc(F)cc(Cl)c2)c1. The number of aromatic nitrogens is 4. The highest BCUT2D eigenvalue weighted by molar-refractivity contribution is 6.30. The van der Waals surface area contributed by atoms with Crippen molar-refractivity contribution in [2.45, 2.75) is 37.8 Å². The average molecular weight is 423 g/mol. The molecule has 0 saturated heterocycles. The topological polar surface area (TPSA) is 81.7 Å². The summed E-state index contributed by atoms with van der Waals surface area (Å²) in [6.45, 7) is 1.82. The predicted molar refractivity (Wildman–Crippen MR) is 103 cm³/mol. The van der Waals surface area contributed by atoms with E-state index in [0.29, 0.717) is 17.1 Å². The van der Waals surface area contributed by atoms with E-state index in [9.17, 15) is 13.2 Å². The van der Waals surface area contributed by atoms with Gasteiger partial charge in [-0.1, -0.05) is 11.6 Å².